The second-order valence-corrected chi connectivity index (χ2v) is 11.3. The van der Waals surface area contributed by atoms with E-state index in [0.29, 0.717) is 35.5 Å². The minimum absolute atomic E-state index is 0.0591. The van der Waals surface area contributed by atoms with E-state index >= 15 is 0 Å². The third kappa shape index (κ3) is 3.05. The van der Waals surface area contributed by atoms with E-state index in [1.54, 1.807) is 0 Å². The van der Waals surface area contributed by atoms with Gasteiger partial charge in [-0.3, -0.25) is 4.79 Å². The molecule has 0 aliphatic heterocycles. The summed E-state index contributed by atoms with van der Waals surface area (Å²) in [6.07, 6.45) is 9.26. The van der Waals surface area contributed by atoms with Gasteiger partial charge in [0, 0.05) is 6.42 Å². The first-order valence-corrected chi connectivity index (χ1v) is 11.8. The predicted octanol–water partition coefficient (Wildman–Crippen LogP) is 4.48. The lowest BCUT2D eigenvalue weighted by molar-refractivity contribution is -0.175. The van der Waals surface area contributed by atoms with Crippen LogP contribution in [0.25, 0.3) is 0 Å². The molecule has 0 spiro atoms. The van der Waals surface area contributed by atoms with Gasteiger partial charge in [0.2, 0.25) is 0 Å². The first-order valence-electron chi connectivity index (χ1n) is 11.8. The highest BCUT2D eigenvalue weighted by Crippen LogP contribution is 2.68. The summed E-state index contributed by atoms with van der Waals surface area (Å²) in [4.78, 5) is 11.1. The van der Waals surface area contributed by atoms with Crippen molar-refractivity contribution in [3.8, 4) is 0 Å². The van der Waals surface area contributed by atoms with Crippen LogP contribution < -0.4 is 0 Å². The highest BCUT2D eigenvalue weighted by atomic mass is 16.4. The number of aliphatic hydroxyl groups excluding tert-OH is 2. The van der Waals surface area contributed by atoms with Gasteiger partial charge in [-0.15, -0.1) is 0 Å². The first kappa shape index (κ1) is 20.7. The summed E-state index contributed by atoms with van der Waals surface area (Å²) >= 11 is 0. The maximum absolute atomic E-state index is 11.5. The number of carboxylic acids is 1. The fraction of sp³-hybridized carbons (Fsp3) is 0.958. The van der Waals surface area contributed by atoms with Crippen LogP contribution in [0.3, 0.4) is 0 Å². The Morgan fingerprint density at radius 2 is 1.79 bits per heavy atom. The summed E-state index contributed by atoms with van der Waals surface area (Å²) < 4.78 is 0. The molecule has 0 heterocycles. The van der Waals surface area contributed by atoms with Crippen LogP contribution in [0.5, 0.6) is 0 Å². The molecule has 3 unspecified atom stereocenters. The van der Waals surface area contributed by atoms with Crippen molar-refractivity contribution in [2.45, 2.75) is 97.2 Å². The van der Waals surface area contributed by atoms with Crippen LogP contribution in [0.1, 0.15) is 85.0 Å². The Bertz CT molecular complexity index is 605. The van der Waals surface area contributed by atoms with E-state index in [4.69, 9.17) is 5.11 Å². The van der Waals surface area contributed by atoms with Crippen LogP contribution in [0.15, 0.2) is 0 Å². The Morgan fingerprint density at radius 3 is 2.50 bits per heavy atom. The quantitative estimate of drug-likeness (QED) is 0.659. The average Bonchev–Trinajstić information content (AvgIpc) is 3.00. The van der Waals surface area contributed by atoms with Crippen molar-refractivity contribution in [3.05, 3.63) is 0 Å². The monoisotopic (exact) mass is 392 g/mol. The van der Waals surface area contributed by atoms with Crippen LogP contribution in [0, 0.1) is 46.3 Å². The van der Waals surface area contributed by atoms with Gasteiger partial charge in [0.1, 0.15) is 0 Å². The van der Waals surface area contributed by atoms with E-state index in [1.165, 1.54) is 19.3 Å². The summed E-state index contributed by atoms with van der Waals surface area (Å²) in [7, 11) is 0. The van der Waals surface area contributed by atoms with Crippen LogP contribution in [0.4, 0.5) is 0 Å². The molecular formula is C24H40O4. The van der Waals surface area contributed by atoms with E-state index in [2.05, 4.69) is 20.8 Å². The highest BCUT2D eigenvalue weighted by molar-refractivity contribution is 5.66. The molecular weight excluding hydrogens is 352 g/mol. The van der Waals surface area contributed by atoms with E-state index in [-0.39, 0.29) is 29.5 Å². The number of aliphatic carboxylic acids is 1. The number of hydrogen-bond donors (Lipinski definition) is 3. The van der Waals surface area contributed by atoms with Gasteiger partial charge < -0.3 is 15.3 Å². The molecule has 0 aromatic rings. The van der Waals surface area contributed by atoms with Gasteiger partial charge in [-0.1, -0.05) is 20.8 Å². The van der Waals surface area contributed by atoms with Gasteiger partial charge in [-0.05, 0) is 104 Å². The van der Waals surface area contributed by atoms with Crippen molar-refractivity contribution >= 4 is 5.97 Å². The fourth-order valence-electron chi connectivity index (χ4n) is 8.71. The molecule has 0 aromatic heterocycles. The van der Waals surface area contributed by atoms with Crippen LogP contribution in [0.2, 0.25) is 0 Å². The van der Waals surface area contributed by atoms with Gasteiger partial charge in [0.25, 0.3) is 0 Å². The van der Waals surface area contributed by atoms with Crippen LogP contribution in [-0.4, -0.2) is 33.5 Å². The predicted molar refractivity (Wildman–Crippen MR) is 109 cm³/mol. The Balaban J connectivity index is 1.56. The maximum atomic E-state index is 11.5. The van der Waals surface area contributed by atoms with Gasteiger partial charge in [-0.25, -0.2) is 0 Å². The zero-order valence-electron chi connectivity index (χ0n) is 17.9. The summed E-state index contributed by atoms with van der Waals surface area (Å²) in [5.74, 6) is 2.55. The topological polar surface area (TPSA) is 77.8 Å². The summed E-state index contributed by atoms with van der Waals surface area (Å²) in [6.45, 7) is 6.99. The van der Waals surface area contributed by atoms with E-state index in [9.17, 15) is 15.0 Å². The van der Waals surface area contributed by atoms with Crippen LogP contribution in [-0.2, 0) is 4.79 Å². The number of aliphatic hydroxyl groups is 2. The van der Waals surface area contributed by atoms with Gasteiger partial charge in [-0.2, -0.15) is 0 Å². The lowest BCUT2D eigenvalue weighted by atomic mass is 9.43. The molecule has 0 bridgehead atoms. The standard InChI is InChI=1S/C24H40O4/c1-14(4-9-22(27)28)18-7-8-19-17-6-5-15-12-16(25)10-11-23(15,2)20(17)13-21(26)24(18,19)3/h14-21,25-26H,4-13H2,1-3H3,(H,27,28)/t14?,15?,16-,17+,18?,19+,20+,21+,23+,24-/m1/s1. The Morgan fingerprint density at radius 1 is 1.04 bits per heavy atom. The molecule has 160 valence electrons. The summed E-state index contributed by atoms with van der Waals surface area (Å²) in [5.41, 5.74) is 0.216. The molecule has 4 heteroatoms. The van der Waals surface area contributed by atoms with Gasteiger partial charge in [0.15, 0.2) is 0 Å². The molecule has 3 N–H and O–H groups in total. The molecule has 4 rings (SSSR count). The van der Waals surface area contributed by atoms with E-state index in [0.717, 1.165) is 38.5 Å². The Hall–Kier alpha value is -0.610. The van der Waals surface area contributed by atoms with Crippen molar-refractivity contribution in [3.63, 3.8) is 0 Å². The zero-order chi connectivity index (χ0) is 20.3. The second-order valence-electron chi connectivity index (χ2n) is 11.3. The minimum Gasteiger partial charge on any atom is -0.481 e. The average molecular weight is 393 g/mol. The number of carboxylic acid groups (broad SMARTS) is 1. The molecule has 0 radical (unpaired) electrons. The highest BCUT2D eigenvalue weighted by Gasteiger charge is 2.63. The molecule has 10 atom stereocenters. The third-order valence-electron chi connectivity index (χ3n) is 10.3. The number of carbonyl (C=O) groups is 1. The molecule has 28 heavy (non-hydrogen) atoms. The molecule has 4 aliphatic carbocycles. The molecule has 4 aliphatic rings. The van der Waals surface area contributed by atoms with Crippen molar-refractivity contribution in [2.24, 2.45) is 46.3 Å². The maximum Gasteiger partial charge on any atom is 0.303 e. The van der Waals surface area contributed by atoms with Crippen molar-refractivity contribution in [1.82, 2.24) is 0 Å². The molecule has 4 nitrogen and oxygen atoms in total. The lowest BCUT2D eigenvalue weighted by Crippen LogP contribution is -2.58. The molecule has 4 saturated carbocycles. The second kappa shape index (κ2) is 7.27. The molecule has 0 amide bonds. The van der Waals surface area contributed by atoms with E-state index in [1.807, 2.05) is 0 Å². The number of rotatable bonds is 4. The smallest absolute Gasteiger partial charge is 0.303 e. The van der Waals surface area contributed by atoms with Crippen molar-refractivity contribution in [2.75, 3.05) is 0 Å². The first-order chi connectivity index (χ1) is 13.2. The Kier molecular flexibility index (Phi) is 5.36. The minimum atomic E-state index is -0.707. The van der Waals surface area contributed by atoms with Crippen molar-refractivity contribution in [1.29, 1.82) is 0 Å². The third-order valence-corrected chi connectivity index (χ3v) is 10.3. The largest absolute Gasteiger partial charge is 0.481 e. The fourth-order valence-corrected chi connectivity index (χ4v) is 8.71. The van der Waals surface area contributed by atoms with Crippen LogP contribution >= 0.6 is 0 Å². The Labute approximate surface area is 170 Å². The molecule has 0 aromatic carbocycles. The van der Waals surface area contributed by atoms with E-state index < -0.39 is 5.97 Å². The molecule has 4 fully saturated rings. The van der Waals surface area contributed by atoms with Crippen molar-refractivity contribution < 1.29 is 20.1 Å². The van der Waals surface area contributed by atoms with Gasteiger partial charge >= 0.3 is 5.97 Å². The summed E-state index contributed by atoms with van der Waals surface area (Å²) in [6, 6.07) is 0. The zero-order valence-corrected chi connectivity index (χ0v) is 17.9. The normalized spacial score (nSPS) is 51.7. The number of fused-ring (bicyclic) bond motifs is 5. The number of hydrogen-bond acceptors (Lipinski definition) is 3. The summed E-state index contributed by atoms with van der Waals surface area (Å²) in [5, 5.41) is 30.8. The molecule has 0 saturated heterocycles. The SMILES string of the molecule is CC(CCC(=O)O)C1CC[C@H]2[C@@H]3CCC4C[C@H](O)CC[C@]4(C)[C@H]3C[C@H](O)[C@]12C. The lowest BCUT2D eigenvalue weighted by Gasteiger charge is -2.62. The van der Waals surface area contributed by atoms with Gasteiger partial charge in [0.05, 0.1) is 12.2 Å².